The summed E-state index contributed by atoms with van der Waals surface area (Å²) in [5.74, 6) is -5.48. The third kappa shape index (κ3) is 4.39. The molecule has 0 saturated heterocycles. The van der Waals surface area contributed by atoms with Crippen LogP contribution in [-0.4, -0.2) is 33.2 Å². The van der Waals surface area contributed by atoms with Crippen LogP contribution < -0.4 is 10.5 Å². The first kappa shape index (κ1) is 17.4. The first-order chi connectivity index (χ1) is 9.45. The van der Waals surface area contributed by atoms with Crippen LogP contribution in [0.5, 0.6) is 0 Å². The zero-order chi connectivity index (χ0) is 16.4. The Labute approximate surface area is 118 Å². The lowest BCUT2D eigenvalue weighted by atomic mass is 10.1. The summed E-state index contributed by atoms with van der Waals surface area (Å²) >= 11 is 0. The Morgan fingerprint density at radius 2 is 1.95 bits per heavy atom. The molecule has 1 amide bonds. The van der Waals surface area contributed by atoms with Gasteiger partial charge in [0.15, 0.2) is 0 Å². The van der Waals surface area contributed by atoms with Crippen LogP contribution in [-0.2, 0) is 10.0 Å². The molecular weight excluding hydrogens is 316 g/mol. The number of nitrogens with one attached hydrogen (secondary N) is 1. The van der Waals surface area contributed by atoms with E-state index in [1.165, 1.54) is 19.1 Å². The highest BCUT2D eigenvalue weighted by atomic mass is 32.2. The third-order valence-electron chi connectivity index (χ3n) is 2.56. The zero-order valence-corrected chi connectivity index (χ0v) is 11.6. The summed E-state index contributed by atoms with van der Waals surface area (Å²) in [6, 6.07) is 3.31. The van der Waals surface area contributed by atoms with Gasteiger partial charge in [0.1, 0.15) is 0 Å². The van der Waals surface area contributed by atoms with E-state index < -0.39 is 34.8 Å². The van der Waals surface area contributed by atoms with Gasteiger partial charge in [-0.15, -0.1) is 0 Å². The number of amides is 1. The Balaban J connectivity index is 2.95. The molecule has 0 radical (unpaired) electrons. The van der Waals surface area contributed by atoms with Crippen molar-refractivity contribution in [2.75, 3.05) is 6.54 Å². The molecule has 0 saturated carbocycles. The van der Waals surface area contributed by atoms with Crippen LogP contribution in [0.3, 0.4) is 0 Å². The maximum atomic E-state index is 12.7. The molecule has 0 heterocycles. The fourth-order valence-corrected chi connectivity index (χ4v) is 2.23. The Kier molecular flexibility index (Phi) is 4.95. The number of benzene rings is 1. The van der Waals surface area contributed by atoms with Gasteiger partial charge in [-0.1, -0.05) is 6.07 Å². The van der Waals surface area contributed by atoms with Crippen molar-refractivity contribution in [3.63, 3.8) is 0 Å². The largest absolute Gasteiger partial charge is 0.346 e. The number of aryl methyl sites for hydroxylation is 1. The monoisotopic (exact) mass is 328 g/mol. The second-order valence-electron chi connectivity index (χ2n) is 4.27. The van der Waals surface area contributed by atoms with E-state index in [0.29, 0.717) is 0 Å². The average Bonchev–Trinajstić information content (AvgIpc) is 2.35. The summed E-state index contributed by atoms with van der Waals surface area (Å²) in [5.41, 5.74) is -0.0262. The summed E-state index contributed by atoms with van der Waals surface area (Å²) in [6.45, 7) is -0.144. The average molecular weight is 328 g/mol. The van der Waals surface area contributed by atoms with Crippen molar-refractivity contribution in [2.45, 2.75) is 24.2 Å². The van der Waals surface area contributed by atoms with E-state index in [-0.39, 0.29) is 16.0 Å². The van der Waals surface area contributed by atoms with E-state index in [0.717, 1.165) is 6.07 Å². The fourth-order valence-electron chi connectivity index (χ4n) is 1.43. The molecule has 0 atom stereocenters. The highest BCUT2D eigenvalue weighted by Crippen LogP contribution is 2.22. The van der Waals surface area contributed by atoms with Crippen molar-refractivity contribution in [2.24, 2.45) is 5.14 Å². The van der Waals surface area contributed by atoms with E-state index >= 15 is 0 Å². The lowest BCUT2D eigenvalue weighted by Gasteiger charge is -2.16. The van der Waals surface area contributed by atoms with Gasteiger partial charge in [-0.2, -0.15) is 8.78 Å². The minimum atomic E-state index is -4.37. The number of alkyl halides is 4. The van der Waals surface area contributed by atoms with Crippen LogP contribution >= 0.6 is 0 Å². The van der Waals surface area contributed by atoms with E-state index in [2.05, 4.69) is 0 Å². The number of carbonyl (C=O) groups is 1. The number of primary sulfonamides is 1. The Hall–Kier alpha value is -1.68. The van der Waals surface area contributed by atoms with Crippen LogP contribution in [0.1, 0.15) is 15.9 Å². The summed E-state index contributed by atoms with van der Waals surface area (Å²) in [4.78, 5) is 11.2. The summed E-state index contributed by atoms with van der Waals surface area (Å²) < 4.78 is 71.8. The Morgan fingerprint density at radius 3 is 2.43 bits per heavy atom. The molecule has 0 aliphatic rings. The Morgan fingerprint density at radius 1 is 1.38 bits per heavy atom. The second kappa shape index (κ2) is 5.98. The van der Waals surface area contributed by atoms with Gasteiger partial charge in [-0.3, -0.25) is 4.79 Å². The molecule has 0 aromatic heterocycles. The van der Waals surface area contributed by atoms with Gasteiger partial charge in [0, 0.05) is 5.56 Å². The van der Waals surface area contributed by atoms with Crippen molar-refractivity contribution in [3.05, 3.63) is 29.3 Å². The van der Waals surface area contributed by atoms with Gasteiger partial charge in [-0.25, -0.2) is 22.3 Å². The van der Waals surface area contributed by atoms with E-state index in [1.54, 1.807) is 5.32 Å². The van der Waals surface area contributed by atoms with Crippen LogP contribution in [0.25, 0.3) is 0 Å². The fraction of sp³-hybridized carbons (Fsp3) is 0.364. The summed E-state index contributed by atoms with van der Waals surface area (Å²) in [5, 5.41) is 6.55. The molecule has 1 aromatic rings. The van der Waals surface area contributed by atoms with Gasteiger partial charge < -0.3 is 5.32 Å². The maximum absolute atomic E-state index is 12.7. The molecular formula is C11H12F4N2O3S. The number of hydrogen-bond acceptors (Lipinski definition) is 3. The minimum absolute atomic E-state index is 0.256. The first-order valence-corrected chi connectivity index (χ1v) is 7.07. The van der Waals surface area contributed by atoms with Crippen molar-refractivity contribution < 1.29 is 30.8 Å². The molecule has 0 fully saturated rings. The van der Waals surface area contributed by atoms with Gasteiger partial charge in [-0.05, 0) is 24.6 Å². The highest BCUT2D eigenvalue weighted by molar-refractivity contribution is 7.89. The lowest BCUT2D eigenvalue weighted by molar-refractivity contribution is -0.123. The maximum Gasteiger partial charge on any atom is 0.324 e. The molecule has 0 unspecified atom stereocenters. The van der Waals surface area contributed by atoms with Crippen LogP contribution in [0.2, 0.25) is 0 Å². The van der Waals surface area contributed by atoms with Gasteiger partial charge >= 0.3 is 12.3 Å². The number of carbonyl (C=O) groups excluding carboxylic acids is 1. The number of sulfonamides is 1. The molecule has 1 rings (SSSR count). The quantitative estimate of drug-likeness (QED) is 0.798. The number of halogens is 4. The number of nitrogens with two attached hydrogens (primary N) is 1. The zero-order valence-electron chi connectivity index (χ0n) is 10.7. The normalized spacial score (nSPS) is 12.5. The van der Waals surface area contributed by atoms with Crippen molar-refractivity contribution in [3.8, 4) is 0 Å². The molecule has 10 heteroatoms. The van der Waals surface area contributed by atoms with Crippen LogP contribution in [0.4, 0.5) is 17.6 Å². The molecule has 3 N–H and O–H groups in total. The van der Waals surface area contributed by atoms with Crippen molar-refractivity contribution in [1.29, 1.82) is 0 Å². The topological polar surface area (TPSA) is 89.3 Å². The summed E-state index contributed by atoms with van der Waals surface area (Å²) in [6.07, 6.45) is -3.92. The molecule has 0 bridgehead atoms. The predicted octanol–water partition coefficient (Wildman–Crippen LogP) is 1.27. The SMILES string of the molecule is Cc1ccc(C(=O)NCC(F)(F)C(F)F)cc1S(N)(=O)=O. The molecule has 0 aliphatic heterocycles. The van der Waals surface area contributed by atoms with Crippen LogP contribution in [0, 0.1) is 6.92 Å². The van der Waals surface area contributed by atoms with E-state index in [9.17, 15) is 30.8 Å². The van der Waals surface area contributed by atoms with Gasteiger partial charge in [0.05, 0.1) is 11.4 Å². The standard InChI is InChI=1S/C11H12F4N2O3S/c1-6-2-3-7(4-8(6)21(16,19)20)9(18)17-5-11(14,15)10(12)13/h2-4,10H,5H2,1H3,(H,17,18)(H2,16,19,20). The molecule has 0 aliphatic carbocycles. The minimum Gasteiger partial charge on any atom is -0.346 e. The second-order valence-corrected chi connectivity index (χ2v) is 5.80. The predicted molar refractivity (Wildman–Crippen MR) is 65.8 cm³/mol. The molecule has 0 spiro atoms. The lowest BCUT2D eigenvalue weighted by Crippen LogP contribution is -2.41. The van der Waals surface area contributed by atoms with Crippen LogP contribution in [0.15, 0.2) is 23.1 Å². The Bertz CT molecular complexity index is 647. The smallest absolute Gasteiger partial charge is 0.324 e. The molecule has 5 nitrogen and oxygen atoms in total. The summed E-state index contributed by atoms with van der Waals surface area (Å²) in [7, 11) is -4.09. The van der Waals surface area contributed by atoms with Gasteiger partial charge in [0.2, 0.25) is 10.0 Å². The molecule has 21 heavy (non-hydrogen) atoms. The van der Waals surface area contributed by atoms with E-state index in [1.807, 2.05) is 0 Å². The number of hydrogen-bond donors (Lipinski definition) is 2. The molecule has 1 aromatic carbocycles. The number of rotatable bonds is 5. The highest BCUT2D eigenvalue weighted by Gasteiger charge is 2.40. The van der Waals surface area contributed by atoms with E-state index in [4.69, 9.17) is 5.14 Å². The van der Waals surface area contributed by atoms with Crippen molar-refractivity contribution in [1.82, 2.24) is 5.32 Å². The first-order valence-electron chi connectivity index (χ1n) is 5.53. The third-order valence-corrected chi connectivity index (χ3v) is 3.61. The molecule has 118 valence electrons. The van der Waals surface area contributed by atoms with Gasteiger partial charge in [0.25, 0.3) is 5.91 Å². The van der Waals surface area contributed by atoms with Crippen molar-refractivity contribution >= 4 is 15.9 Å².